The first-order valence-electron chi connectivity index (χ1n) is 4.19. The minimum atomic E-state index is 0.684. The average molecular weight is 279 g/mol. The van der Waals surface area contributed by atoms with Crippen molar-refractivity contribution in [3.8, 4) is 0 Å². The Morgan fingerprint density at radius 1 is 1.67 bits per heavy atom. The fourth-order valence-corrected chi connectivity index (χ4v) is 1.79. The first kappa shape index (κ1) is 9.98. The van der Waals surface area contributed by atoms with Gasteiger partial charge in [0.25, 0.3) is 0 Å². The summed E-state index contributed by atoms with van der Waals surface area (Å²) < 4.78 is 3.20. The van der Waals surface area contributed by atoms with Crippen LogP contribution in [0.1, 0.15) is 19.2 Å². The zero-order chi connectivity index (χ0) is 8.97. The van der Waals surface area contributed by atoms with Crippen molar-refractivity contribution in [1.82, 2.24) is 9.55 Å². The summed E-state index contributed by atoms with van der Waals surface area (Å²) in [4.78, 5) is 4.41. The van der Waals surface area contributed by atoms with Gasteiger partial charge >= 0.3 is 0 Å². The van der Waals surface area contributed by atoms with Crippen molar-refractivity contribution in [3.63, 3.8) is 0 Å². The van der Waals surface area contributed by atoms with E-state index in [0.29, 0.717) is 6.54 Å². The highest BCUT2D eigenvalue weighted by atomic mass is 127. The molecule has 0 aliphatic heterocycles. The first-order valence-corrected chi connectivity index (χ1v) is 5.27. The SMILES string of the molecule is CCCc1nc(I)cn1CCN. The van der Waals surface area contributed by atoms with Crippen LogP contribution < -0.4 is 5.73 Å². The number of aryl methyl sites for hydroxylation is 1. The second kappa shape index (κ2) is 4.81. The quantitative estimate of drug-likeness (QED) is 0.847. The van der Waals surface area contributed by atoms with Crippen LogP contribution in [0.25, 0.3) is 0 Å². The largest absolute Gasteiger partial charge is 0.333 e. The van der Waals surface area contributed by atoms with Crippen molar-refractivity contribution in [3.05, 3.63) is 15.7 Å². The van der Waals surface area contributed by atoms with E-state index in [1.165, 1.54) is 0 Å². The summed E-state index contributed by atoms with van der Waals surface area (Å²) in [6.45, 7) is 3.73. The lowest BCUT2D eigenvalue weighted by Crippen LogP contribution is -2.11. The van der Waals surface area contributed by atoms with E-state index in [-0.39, 0.29) is 0 Å². The number of aromatic nitrogens is 2. The van der Waals surface area contributed by atoms with Gasteiger partial charge in [-0.25, -0.2) is 4.98 Å². The van der Waals surface area contributed by atoms with Crippen LogP contribution in [0.4, 0.5) is 0 Å². The highest BCUT2D eigenvalue weighted by Gasteiger charge is 2.03. The van der Waals surface area contributed by atoms with Gasteiger partial charge in [0.1, 0.15) is 9.53 Å². The Labute approximate surface area is 86.5 Å². The molecule has 0 aliphatic carbocycles. The molecule has 0 bridgehead atoms. The molecule has 0 aliphatic rings. The fraction of sp³-hybridized carbons (Fsp3) is 0.625. The van der Waals surface area contributed by atoms with Crippen LogP contribution in [-0.4, -0.2) is 16.1 Å². The predicted molar refractivity (Wildman–Crippen MR) is 58.0 cm³/mol. The number of nitrogens with two attached hydrogens (primary N) is 1. The summed E-state index contributed by atoms with van der Waals surface area (Å²) in [5.41, 5.74) is 5.48. The lowest BCUT2D eigenvalue weighted by Gasteiger charge is -2.03. The molecule has 12 heavy (non-hydrogen) atoms. The van der Waals surface area contributed by atoms with Crippen LogP contribution in [0.15, 0.2) is 6.20 Å². The maximum absolute atomic E-state index is 5.48. The molecule has 2 N–H and O–H groups in total. The number of hydrogen-bond acceptors (Lipinski definition) is 2. The van der Waals surface area contributed by atoms with E-state index in [2.05, 4.69) is 45.3 Å². The highest BCUT2D eigenvalue weighted by molar-refractivity contribution is 14.1. The summed E-state index contributed by atoms with van der Waals surface area (Å²) >= 11 is 2.23. The molecule has 0 amide bonds. The number of rotatable bonds is 4. The molecule has 0 saturated carbocycles. The molecule has 0 fully saturated rings. The van der Waals surface area contributed by atoms with E-state index in [1.807, 2.05) is 0 Å². The van der Waals surface area contributed by atoms with Crippen LogP contribution in [-0.2, 0) is 13.0 Å². The zero-order valence-corrected chi connectivity index (χ0v) is 9.41. The molecule has 1 rings (SSSR count). The minimum Gasteiger partial charge on any atom is -0.333 e. The Hall–Kier alpha value is -0.100. The Kier molecular flexibility index (Phi) is 4.00. The van der Waals surface area contributed by atoms with Gasteiger partial charge in [-0.15, -0.1) is 0 Å². The smallest absolute Gasteiger partial charge is 0.119 e. The van der Waals surface area contributed by atoms with Crippen LogP contribution in [0.2, 0.25) is 0 Å². The number of imidazole rings is 1. The number of hydrogen-bond donors (Lipinski definition) is 1. The maximum Gasteiger partial charge on any atom is 0.119 e. The topological polar surface area (TPSA) is 43.8 Å². The molecule has 0 atom stereocenters. The third kappa shape index (κ3) is 2.45. The molecule has 0 radical (unpaired) electrons. The third-order valence-electron chi connectivity index (χ3n) is 1.67. The van der Waals surface area contributed by atoms with Gasteiger partial charge in [0, 0.05) is 25.7 Å². The second-order valence-corrected chi connectivity index (χ2v) is 3.82. The van der Waals surface area contributed by atoms with Gasteiger partial charge in [0.2, 0.25) is 0 Å². The van der Waals surface area contributed by atoms with Gasteiger partial charge in [-0.2, -0.15) is 0 Å². The van der Waals surface area contributed by atoms with Crippen molar-refractivity contribution >= 4 is 22.6 Å². The normalized spacial score (nSPS) is 10.6. The maximum atomic E-state index is 5.48. The highest BCUT2D eigenvalue weighted by Crippen LogP contribution is 2.07. The van der Waals surface area contributed by atoms with Crippen molar-refractivity contribution in [2.45, 2.75) is 26.3 Å². The lowest BCUT2D eigenvalue weighted by atomic mass is 10.3. The molecule has 3 nitrogen and oxygen atoms in total. The monoisotopic (exact) mass is 279 g/mol. The van der Waals surface area contributed by atoms with Crippen molar-refractivity contribution in [1.29, 1.82) is 0 Å². The molecule has 1 heterocycles. The van der Waals surface area contributed by atoms with Crippen molar-refractivity contribution in [2.24, 2.45) is 5.73 Å². The van der Waals surface area contributed by atoms with E-state index in [0.717, 1.165) is 28.9 Å². The molecule has 0 unspecified atom stereocenters. The van der Waals surface area contributed by atoms with Crippen LogP contribution in [0.5, 0.6) is 0 Å². The number of nitrogens with zero attached hydrogens (tertiary/aromatic N) is 2. The van der Waals surface area contributed by atoms with Crippen LogP contribution >= 0.6 is 22.6 Å². The Bertz CT molecular complexity index is 221. The molecule has 1 aromatic heterocycles. The van der Waals surface area contributed by atoms with E-state index < -0.39 is 0 Å². The average Bonchev–Trinajstić information content (AvgIpc) is 2.33. The molecular formula is C8H14IN3. The molecule has 68 valence electrons. The standard InChI is InChI=1S/C8H14IN3/c1-2-3-8-11-7(9)6-12(8)5-4-10/h6H,2-5,10H2,1H3. The third-order valence-corrected chi connectivity index (χ3v) is 2.19. The van der Waals surface area contributed by atoms with Gasteiger partial charge < -0.3 is 10.3 Å². The molecule has 0 saturated heterocycles. The minimum absolute atomic E-state index is 0.684. The van der Waals surface area contributed by atoms with Gasteiger partial charge in [0.05, 0.1) is 0 Å². The first-order chi connectivity index (χ1) is 5.77. The summed E-state index contributed by atoms with van der Waals surface area (Å²) in [5.74, 6) is 1.16. The van der Waals surface area contributed by atoms with Crippen molar-refractivity contribution in [2.75, 3.05) is 6.54 Å². The summed E-state index contributed by atoms with van der Waals surface area (Å²) in [5, 5.41) is 0. The van der Waals surface area contributed by atoms with Gasteiger partial charge in [-0.3, -0.25) is 0 Å². The predicted octanol–water partition coefficient (Wildman–Crippen LogP) is 1.40. The number of halogens is 1. The molecule has 4 heteroatoms. The van der Waals surface area contributed by atoms with E-state index in [1.54, 1.807) is 0 Å². The van der Waals surface area contributed by atoms with Crippen LogP contribution in [0.3, 0.4) is 0 Å². The summed E-state index contributed by atoms with van der Waals surface area (Å²) in [7, 11) is 0. The van der Waals surface area contributed by atoms with Crippen LogP contribution in [0, 0.1) is 3.70 Å². The summed E-state index contributed by atoms with van der Waals surface area (Å²) in [6.07, 6.45) is 4.24. The molecule has 0 aromatic carbocycles. The van der Waals surface area contributed by atoms with E-state index in [9.17, 15) is 0 Å². The van der Waals surface area contributed by atoms with E-state index in [4.69, 9.17) is 5.73 Å². The fourth-order valence-electron chi connectivity index (χ4n) is 1.18. The Morgan fingerprint density at radius 3 is 3.00 bits per heavy atom. The van der Waals surface area contributed by atoms with E-state index >= 15 is 0 Å². The Balaban J connectivity index is 2.76. The van der Waals surface area contributed by atoms with Crippen molar-refractivity contribution < 1.29 is 0 Å². The van der Waals surface area contributed by atoms with Gasteiger partial charge in [-0.1, -0.05) is 6.92 Å². The van der Waals surface area contributed by atoms with Gasteiger partial charge in [-0.05, 0) is 29.0 Å². The summed E-state index contributed by atoms with van der Waals surface area (Å²) in [6, 6.07) is 0. The lowest BCUT2D eigenvalue weighted by molar-refractivity contribution is 0.651. The molecule has 0 spiro atoms. The van der Waals surface area contributed by atoms with Gasteiger partial charge in [0.15, 0.2) is 0 Å². The Morgan fingerprint density at radius 2 is 2.42 bits per heavy atom. The zero-order valence-electron chi connectivity index (χ0n) is 7.26. The molecular weight excluding hydrogens is 265 g/mol. The second-order valence-electron chi connectivity index (χ2n) is 2.71. The molecule has 1 aromatic rings.